The first kappa shape index (κ1) is 20.2. The molecule has 1 aromatic heterocycles. The van der Waals surface area contributed by atoms with Crippen LogP contribution in [0.5, 0.6) is 0 Å². The zero-order valence-electron chi connectivity index (χ0n) is 15.5. The van der Waals surface area contributed by atoms with Gasteiger partial charge in [-0.15, -0.1) is 0 Å². The molecule has 1 unspecified atom stereocenters. The second kappa shape index (κ2) is 8.36. The first-order valence-electron chi connectivity index (χ1n) is 9.40. The van der Waals surface area contributed by atoms with Crippen LogP contribution in [0, 0.1) is 0 Å². The van der Waals surface area contributed by atoms with Crippen LogP contribution in [0.1, 0.15) is 35.4 Å². The number of likely N-dealkylation sites (tertiary alicyclic amines) is 1. The van der Waals surface area contributed by atoms with E-state index >= 15 is 0 Å². The van der Waals surface area contributed by atoms with Crippen molar-refractivity contribution in [2.45, 2.75) is 29.7 Å². The van der Waals surface area contributed by atoms with E-state index in [9.17, 15) is 14.7 Å². The maximum absolute atomic E-state index is 13.2. The van der Waals surface area contributed by atoms with Gasteiger partial charge in [-0.25, -0.2) is 4.79 Å². The molecular formula is C22H19ClINO4. The summed E-state index contributed by atoms with van der Waals surface area (Å²) in [6, 6.07) is 12.6. The molecule has 1 saturated heterocycles. The molecule has 4 rings (SSSR count). The maximum atomic E-state index is 13.2. The molecule has 1 fully saturated rings. The molecule has 0 spiro atoms. The molecule has 0 radical (unpaired) electrons. The molecule has 29 heavy (non-hydrogen) atoms. The minimum absolute atomic E-state index is 0.246. The van der Waals surface area contributed by atoms with Gasteiger partial charge in [0, 0.05) is 26.9 Å². The predicted molar refractivity (Wildman–Crippen MR) is 121 cm³/mol. The van der Waals surface area contributed by atoms with Crippen molar-refractivity contribution in [2.75, 3.05) is 6.54 Å². The summed E-state index contributed by atoms with van der Waals surface area (Å²) in [5, 5.41) is 11.1. The van der Waals surface area contributed by atoms with Gasteiger partial charge in [0.25, 0.3) is 5.91 Å². The van der Waals surface area contributed by atoms with Crippen molar-refractivity contribution in [1.29, 1.82) is 0 Å². The monoisotopic (exact) mass is 523 g/mol. The summed E-state index contributed by atoms with van der Waals surface area (Å²) in [7, 11) is 0. The minimum Gasteiger partial charge on any atom is -0.480 e. The summed E-state index contributed by atoms with van der Waals surface area (Å²) >= 11 is 8.19. The largest absolute Gasteiger partial charge is 0.480 e. The average Bonchev–Trinajstić information content (AvgIpc) is 3.11. The van der Waals surface area contributed by atoms with E-state index in [1.54, 1.807) is 0 Å². The van der Waals surface area contributed by atoms with Crippen LogP contribution in [-0.2, 0) is 9.22 Å². The summed E-state index contributed by atoms with van der Waals surface area (Å²) in [6.07, 6.45) is 2.09. The molecule has 1 atom stereocenters. The summed E-state index contributed by atoms with van der Waals surface area (Å²) in [5.74, 6) is -1.06. The van der Waals surface area contributed by atoms with E-state index in [1.165, 1.54) is 4.90 Å². The van der Waals surface area contributed by atoms with Crippen LogP contribution >= 0.6 is 34.2 Å². The third-order valence-corrected chi connectivity index (χ3v) is 6.36. The first-order chi connectivity index (χ1) is 14.0. The van der Waals surface area contributed by atoms with Crippen molar-refractivity contribution in [2.24, 2.45) is 0 Å². The molecule has 7 heteroatoms. The van der Waals surface area contributed by atoms with Crippen LogP contribution < -0.4 is 0 Å². The summed E-state index contributed by atoms with van der Waals surface area (Å²) in [5.41, 5.74) is 3.39. The lowest BCUT2D eigenvalue weighted by Crippen LogP contribution is -2.48. The van der Waals surface area contributed by atoms with Crippen molar-refractivity contribution in [3.8, 4) is 11.1 Å². The number of alkyl halides is 1. The van der Waals surface area contributed by atoms with Crippen LogP contribution in [0.4, 0.5) is 0 Å². The van der Waals surface area contributed by atoms with Crippen LogP contribution in [0.2, 0.25) is 5.02 Å². The van der Waals surface area contributed by atoms with Crippen LogP contribution in [-0.4, -0.2) is 34.5 Å². The van der Waals surface area contributed by atoms with Gasteiger partial charge in [0.2, 0.25) is 0 Å². The number of carboxylic acid groups (broad SMARTS) is 1. The Morgan fingerprint density at radius 2 is 1.86 bits per heavy atom. The Labute approximate surface area is 186 Å². The molecule has 1 aliphatic heterocycles. The first-order valence-corrected chi connectivity index (χ1v) is 11.3. The fourth-order valence-corrected chi connectivity index (χ4v) is 4.72. The van der Waals surface area contributed by atoms with E-state index < -0.39 is 12.0 Å². The standard InChI is InChI=1S/C22H19ClINO4/c23-15-7-4-13(5-8-15)14-6-9-16-17(12-24)20(29-19(16)11-14)21(26)25-10-2-1-3-18(25)22(27)28/h4-9,11,18H,1-3,10,12H2,(H,27,28). The number of furan rings is 1. The van der Waals surface area contributed by atoms with E-state index in [0.29, 0.717) is 28.0 Å². The third kappa shape index (κ3) is 3.88. The van der Waals surface area contributed by atoms with Crippen LogP contribution in [0.15, 0.2) is 46.9 Å². The van der Waals surface area contributed by atoms with Crippen LogP contribution in [0.25, 0.3) is 22.1 Å². The van der Waals surface area contributed by atoms with Gasteiger partial charge >= 0.3 is 5.97 Å². The van der Waals surface area contributed by atoms with Gasteiger partial charge in [-0.1, -0.05) is 58.5 Å². The van der Waals surface area contributed by atoms with Crippen molar-refractivity contribution in [1.82, 2.24) is 4.90 Å². The third-order valence-electron chi connectivity index (χ3n) is 5.35. The number of benzene rings is 2. The van der Waals surface area contributed by atoms with Crippen molar-refractivity contribution in [3.63, 3.8) is 0 Å². The average molecular weight is 524 g/mol. The molecule has 1 aliphatic rings. The van der Waals surface area contributed by atoms with E-state index in [1.807, 2.05) is 42.5 Å². The molecule has 5 nitrogen and oxygen atoms in total. The van der Waals surface area contributed by atoms with E-state index in [-0.39, 0.29) is 11.7 Å². The summed E-state index contributed by atoms with van der Waals surface area (Å²) in [4.78, 5) is 26.3. The summed E-state index contributed by atoms with van der Waals surface area (Å²) in [6.45, 7) is 0.434. The molecular weight excluding hydrogens is 505 g/mol. The zero-order valence-corrected chi connectivity index (χ0v) is 18.4. The number of carboxylic acids is 1. The molecule has 0 aliphatic carbocycles. The molecule has 150 valence electrons. The van der Waals surface area contributed by atoms with E-state index in [2.05, 4.69) is 22.6 Å². The second-order valence-electron chi connectivity index (χ2n) is 7.11. The normalized spacial score (nSPS) is 16.9. The number of amides is 1. The topological polar surface area (TPSA) is 70.8 Å². The second-order valence-corrected chi connectivity index (χ2v) is 8.31. The van der Waals surface area contributed by atoms with Crippen molar-refractivity contribution >= 4 is 57.0 Å². The molecule has 0 bridgehead atoms. The number of fused-ring (bicyclic) bond motifs is 1. The quantitative estimate of drug-likeness (QED) is 0.348. The number of carbonyl (C=O) groups is 2. The Morgan fingerprint density at radius 1 is 1.14 bits per heavy atom. The molecule has 0 saturated carbocycles. The molecule has 2 aromatic carbocycles. The zero-order chi connectivity index (χ0) is 20.5. The number of piperidine rings is 1. The van der Waals surface area contributed by atoms with Gasteiger partial charge in [0.05, 0.1) is 0 Å². The number of hydrogen-bond donors (Lipinski definition) is 1. The maximum Gasteiger partial charge on any atom is 0.326 e. The van der Waals surface area contributed by atoms with Crippen LogP contribution in [0.3, 0.4) is 0 Å². The highest BCUT2D eigenvalue weighted by atomic mass is 127. The Balaban J connectivity index is 1.75. The fraction of sp³-hybridized carbons (Fsp3) is 0.273. The van der Waals surface area contributed by atoms with Gasteiger partial charge in [-0.05, 0) is 48.6 Å². The van der Waals surface area contributed by atoms with E-state index in [4.69, 9.17) is 16.0 Å². The lowest BCUT2D eigenvalue weighted by Gasteiger charge is -2.32. The van der Waals surface area contributed by atoms with Gasteiger partial charge in [0.15, 0.2) is 5.76 Å². The van der Waals surface area contributed by atoms with Gasteiger partial charge in [0.1, 0.15) is 11.6 Å². The Morgan fingerprint density at radius 3 is 2.55 bits per heavy atom. The number of aliphatic carboxylic acids is 1. The van der Waals surface area contributed by atoms with Gasteiger partial charge in [-0.3, -0.25) is 4.79 Å². The molecule has 1 N–H and O–H groups in total. The SMILES string of the molecule is O=C(O)C1CCCCN1C(=O)c1oc2cc(-c3ccc(Cl)cc3)ccc2c1CI. The Bertz CT molecular complexity index is 1080. The van der Waals surface area contributed by atoms with E-state index in [0.717, 1.165) is 34.9 Å². The Kier molecular flexibility index (Phi) is 5.83. The predicted octanol–water partition coefficient (Wildman–Crippen LogP) is 5.77. The van der Waals surface area contributed by atoms with Gasteiger partial charge < -0.3 is 14.4 Å². The fourth-order valence-electron chi connectivity index (χ4n) is 3.84. The number of carbonyl (C=O) groups excluding carboxylic acids is 1. The molecule has 2 heterocycles. The lowest BCUT2D eigenvalue weighted by atomic mass is 10.0. The number of rotatable bonds is 4. The minimum atomic E-state index is -0.963. The van der Waals surface area contributed by atoms with Crippen molar-refractivity contribution < 1.29 is 19.1 Å². The number of hydrogen-bond acceptors (Lipinski definition) is 3. The molecule has 1 amide bonds. The number of halogens is 2. The smallest absolute Gasteiger partial charge is 0.326 e. The summed E-state index contributed by atoms with van der Waals surface area (Å²) < 4.78 is 6.60. The highest BCUT2D eigenvalue weighted by Gasteiger charge is 2.35. The van der Waals surface area contributed by atoms with Crippen molar-refractivity contribution in [3.05, 3.63) is 58.8 Å². The molecule has 3 aromatic rings. The Hall–Kier alpha value is -2.06. The number of nitrogens with zero attached hydrogens (tertiary/aromatic N) is 1. The highest BCUT2D eigenvalue weighted by molar-refractivity contribution is 14.1. The highest BCUT2D eigenvalue weighted by Crippen LogP contribution is 2.34. The lowest BCUT2D eigenvalue weighted by molar-refractivity contribution is -0.143. The van der Waals surface area contributed by atoms with Gasteiger partial charge in [-0.2, -0.15) is 0 Å².